The molecule has 0 N–H and O–H groups in total. The lowest BCUT2D eigenvalue weighted by Gasteiger charge is -2.01. The number of aryl methyl sites for hydroxylation is 1. The predicted molar refractivity (Wildman–Crippen MR) is 57.6 cm³/mol. The number of nitrogens with zero attached hydrogens (tertiary/aromatic N) is 2. The molecule has 14 heavy (non-hydrogen) atoms. The lowest BCUT2D eigenvalue weighted by Crippen LogP contribution is -2.02. The number of hydrogen-bond donors (Lipinski definition) is 0. The Morgan fingerprint density at radius 3 is 3.00 bits per heavy atom. The Labute approximate surface area is 87.9 Å². The molecule has 0 saturated carbocycles. The third kappa shape index (κ3) is 1.71. The van der Waals surface area contributed by atoms with Gasteiger partial charge in [-0.2, -0.15) is 16.9 Å². The number of aromatic nitrogens is 2. The van der Waals surface area contributed by atoms with Gasteiger partial charge >= 0.3 is 0 Å². The van der Waals surface area contributed by atoms with Gasteiger partial charge in [0, 0.05) is 19.2 Å². The van der Waals surface area contributed by atoms with Crippen LogP contribution >= 0.6 is 11.8 Å². The molecule has 1 fully saturated rings. The molecular weight excluding hydrogens is 196 g/mol. The van der Waals surface area contributed by atoms with Gasteiger partial charge in [-0.25, -0.2) is 0 Å². The van der Waals surface area contributed by atoms with Crippen LogP contribution in [0.15, 0.2) is 6.07 Å². The fourth-order valence-corrected chi connectivity index (χ4v) is 3.02. The first kappa shape index (κ1) is 9.77. The van der Waals surface area contributed by atoms with Gasteiger partial charge in [0.25, 0.3) is 0 Å². The zero-order valence-corrected chi connectivity index (χ0v) is 9.30. The number of thioether (sulfide) groups is 1. The van der Waals surface area contributed by atoms with Gasteiger partial charge in [0.2, 0.25) is 0 Å². The van der Waals surface area contributed by atoms with Crippen molar-refractivity contribution in [3.63, 3.8) is 0 Å². The van der Waals surface area contributed by atoms with E-state index in [0.29, 0.717) is 10.9 Å². The lowest BCUT2D eigenvalue weighted by atomic mass is 10.2. The molecule has 1 aliphatic rings. The molecule has 1 aromatic heterocycles. The number of ketones is 1. The molecule has 2 rings (SSSR count). The Hall–Kier alpha value is -0.770. The third-order valence-electron chi connectivity index (χ3n) is 2.52. The molecule has 0 aliphatic carbocycles. The summed E-state index contributed by atoms with van der Waals surface area (Å²) in [5, 5.41) is 4.90. The second kappa shape index (κ2) is 3.77. The first-order chi connectivity index (χ1) is 6.68. The highest BCUT2D eigenvalue weighted by atomic mass is 32.2. The fourth-order valence-electron chi connectivity index (χ4n) is 1.79. The van der Waals surface area contributed by atoms with Crippen molar-refractivity contribution < 1.29 is 4.79 Å². The molecule has 0 radical (unpaired) electrons. The smallest absolute Gasteiger partial charge is 0.177 e. The maximum atomic E-state index is 11.2. The van der Waals surface area contributed by atoms with Gasteiger partial charge in [-0.05, 0) is 24.7 Å². The summed E-state index contributed by atoms with van der Waals surface area (Å²) in [6.45, 7) is 1.59. The topological polar surface area (TPSA) is 34.9 Å². The summed E-state index contributed by atoms with van der Waals surface area (Å²) in [5.74, 6) is 1.31. The molecule has 1 atom stereocenters. The third-order valence-corrected chi connectivity index (χ3v) is 3.92. The van der Waals surface area contributed by atoms with Crippen LogP contribution in [0, 0.1) is 0 Å². The Balaban J connectivity index is 2.27. The fraction of sp³-hybridized carbons (Fsp3) is 0.600. The quantitative estimate of drug-likeness (QED) is 0.702. The van der Waals surface area contributed by atoms with E-state index in [1.165, 1.54) is 18.6 Å². The number of rotatable bonds is 2. The number of hydrogen-bond acceptors (Lipinski definition) is 3. The van der Waals surface area contributed by atoms with Gasteiger partial charge in [0.05, 0.1) is 5.69 Å². The van der Waals surface area contributed by atoms with Crippen molar-refractivity contribution in [2.45, 2.75) is 25.0 Å². The van der Waals surface area contributed by atoms with Crippen molar-refractivity contribution in [2.75, 3.05) is 5.75 Å². The van der Waals surface area contributed by atoms with Gasteiger partial charge in [-0.3, -0.25) is 9.48 Å². The first-order valence-corrected chi connectivity index (χ1v) is 5.90. The van der Waals surface area contributed by atoms with E-state index in [4.69, 9.17) is 0 Å². The van der Waals surface area contributed by atoms with Crippen LogP contribution in [0.3, 0.4) is 0 Å². The largest absolute Gasteiger partial charge is 0.293 e. The Morgan fingerprint density at radius 2 is 2.50 bits per heavy atom. The second-order valence-electron chi connectivity index (χ2n) is 3.64. The van der Waals surface area contributed by atoms with E-state index in [0.717, 1.165) is 5.69 Å². The van der Waals surface area contributed by atoms with Crippen LogP contribution in [0.5, 0.6) is 0 Å². The van der Waals surface area contributed by atoms with Gasteiger partial charge in [-0.1, -0.05) is 0 Å². The zero-order chi connectivity index (χ0) is 10.1. The van der Waals surface area contributed by atoms with Crippen LogP contribution in [0.4, 0.5) is 0 Å². The van der Waals surface area contributed by atoms with Gasteiger partial charge in [0.15, 0.2) is 5.78 Å². The van der Waals surface area contributed by atoms with Crippen molar-refractivity contribution in [3.8, 4) is 0 Å². The molecule has 1 saturated heterocycles. The van der Waals surface area contributed by atoms with Gasteiger partial charge in [-0.15, -0.1) is 0 Å². The van der Waals surface area contributed by atoms with Crippen LogP contribution in [-0.2, 0) is 7.05 Å². The highest BCUT2D eigenvalue weighted by Gasteiger charge is 2.21. The highest BCUT2D eigenvalue weighted by molar-refractivity contribution is 7.99. The van der Waals surface area contributed by atoms with Crippen molar-refractivity contribution in [3.05, 3.63) is 17.5 Å². The summed E-state index contributed by atoms with van der Waals surface area (Å²) in [4.78, 5) is 11.2. The van der Waals surface area contributed by atoms with Crippen LogP contribution in [0.1, 0.15) is 41.2 Å². The molecule has 76 valence electrons. The molecule has 1 unspecified atom stereocenters. The molecule has 1 aromatic rings. The molecular formula is C10H14N2OS. The van der Waals surface area contributed by atoms with E-state index in [1.54, 1.807) is 11.6 Å². The van der Waals surface area contributed by atoms with Crippen molar-refractivity contribution in [2.24, 2.45) is 7.05 Å². The van der Waals surface area contributed by atoms with Crippen molar-refractivity contribution in [1.82, 2.24) is 9.78 Å². The van der Waals surface area contributed by atoms with E-state index in [1.807, 2.05) is 24.9 Å². The molecule has 0 bridgehead atoms. The summed E-state index contributed by atoms with van der Waals surface area (Å²) < 4.78 is 1.69. The molecule has 1 aliphatic heterocycles. The highest BCUT2D eigenvalue weighted by Crippen LogP contribution is 2.39. The standard InChI is InChI=1S/C10H14N2OS/c1-7(13)9-6-8(11-12(9)2)10-4-3-5-14-10/h6,10H,3-5H2,1-2H3. The minimum Gasteiger partial charge on any atom is -0.293 e. The molecule has 0 aromatic carbocycles. The monoisotopic (exact) mass is 210 g/mol. The second-order valence-corrected chi connectivity index (χ2v) is 4.95. The van der Waals surface area contributed by atoms with E-state index in [-0.39, 0.29) is 5.78 Å². The SMILES string of the molecule is CC(=O)c1cc(C2CCCS2)nn1C. The first-order valence-electron chi connectivity index (χ1n) is 4.85. The Kier molecular flexibility index (Phi) is 2.63. The summed E-state index contributed by atoms with van der Waals surface area (Å²) in [5.41, 5.74) is 1.78. The lowest BCUT2D eigenvalue weighted by molar-refractivity contribution is 0.100. The molecule has 0 amide bonds. The molecule has 0 spiro atoms. The number of carbonyl (C=O) groups is 1. The normalized spacial score (nSPS) is 21.4. The predicted octanol–water partition coefficient (Wildman–Crippen LogP) is 2.19. The van der Waals surface area contributed by atoms with E-state index in [2.05, 4.69) is 5.10 Å². The number of carbonyl (C=O) groups excluding carboxylic acids is 1. The van der Waals surface area contributed by atoms with Crippen LogP contribution in [0.25, 0.3) is 0 Å². The Bertz CT molecular complexity index is 353. The maximum Gasteiger partial charge on any atom is 0.177 e. The van der Waals surface area contributed by atoms with E-state index < -0.39 is 0 Å². The van der Waals surface area contributed by atoms with Crippen LogP contribution in [-0.4, -0.2) is 21.3 Å². The van der Waals surface area contributed by atoms with Gasteiger partial charge < -0.3 is 0 Å². The zero-order valence-electron chi connectivity index (χ0n) is 8.49. The Morgan fingerprint density at radius 1 is 1.71 bits per heavy atom. The molecule has 2 heterocycles. The molecule has 4 heteroatoms. The summed E-state index contributed by atoms with van der Waals surface area (Å²) in [6.07, 6.45) is 2.46. The average molecular weight is 210 g/mol. The summed E-state index contributed by atoms with van der Waals surface area (Å²) >= 11 is 1.94. The van der Waals surface area contributed by atoms with Crippen LogP contribution < -0.4 is 0 Å². The number of Topliss-reactive ketones (excluding diaryl/α,β-unsaturated/α-hetero) is 1. The average Bonchev–Trinajstić information content (AvgIpc) is 2.70. The van der Waals surface area contributed by atoms with Crippen molar-refractivity contribution >= 4 is 17.5 Å². The molecule has 3 nitrogen and oxygen atoms in total. The van der Waals surface area contributed by atoms with Crippen LogP contribution in [0.2, 0.25) is 0 Å². The van der Waals surface area contributed by atoms with Crippen molar-refractivity contribution in [1.29, 1.82) is 0 Å². The maximum absolute atomic E-state index is 11.2. The van der Waals surface area contributed by atoms with Gasteiger partial charge in [0.1, 0.15) is 5.69 Å². The van der Waals surface area contributed by atoms with E-state index >= 15 is 0 Å². The summed E-state index contributed by atoms with van der Waals surface area (Å²) in [6, 6.07) is 1.94. The van der Waals surface area contributed by atoms with E-state index in [9.17, 15) is 4.79 Å². The minimum atomic E-state index is 0.0919. The minimum absolute atomic E-state index is 0.0919. The summed E-state index contributed by atoms with van der Waals surface area (Å²) in [7, 11) is 1.83.